The number of nitrogens with zero attached hydrogens (tertiary/aromatic N) is 1. The summed E-state index contributed by atoms with van der Waals surface area (Å²) in [5.41, 5.74) is 0. The quantitative estimate of drug-likeness (QED) is 0.724. The van der Waals surface area contributed by atoms with E-state index in [0.29, 0.717) is 12.6 Å². The Morgan fingerprint density at radius 2 is 2.18 bits per heavy atom. The lowest BCUT2D eigenvalue weighted by Gasteiger charge is -2.35. The summed E-state index contributed by atoms with van der Waals surface area (Å²) in [5, 5.41) is 11.5. The highest BCUT2D eigenvalue weighted by Crippen LogP contribution is 2.20. The third-order valence-corrected chi connectivity index (χ3v) is 3.21. The summed E-state index contributed by atoms with van der Waals surface area (Å²) in [6.45, 7) is 4.00. The highest BCUT2D eigenvalue weighted by atomic mass is 16.4. The second kappa shape index (κ2) is 7.27. The van der Waals surface area contributed by atoms with Gasteiger partial charge in [-0.1, -0.05) is 6.42 Å². The molecule has 1 aliphatic rings. The summed E-state index contributed by atoms with van der Waals surface area (Å²) in [4.78, 5) is 23.7. The molecule has 98 valence electrons. The van der Waals surface area contributed by atoms with Crippen molar-refractivity contribution in [2.45, 2.75) is 45.1 Å². The van der Waals surface area contributed by atoms with E-state index in [9.17, 15) is 9.59 Å². The second-order valence-electron chi connectivity index (χ2n) is 4.60. The zero-order chi connectivity index (χ0) is 12.7. The maximum Gasteiger partial charge on any atom is 0.303 e. The number of carboxylic acid groups (broad SMARTS) is 1. The minimum absolute atomic E-state index is 0.0101. The number of carbonyl (C=O) groups excluding carboxylic acids is 1. The van der Waals surface area contributed by atoms with Crippen molar-refractivity contribution in [2.75, 3.05) is 19.6 Å². The number of carboxylic acids is 1. The number of likely N-dealkylation sites (tertiary alicyclic amines) is 1. The molecule has 5 heteroatoms. The van der Waals surface area contributed by atoms with Gasteiger partial charge in [-0.05, 0) is 25.8 Å². The summed E-state index contributed by atoms with van der Waals surface area (Å²) in [7, 11) is 0. The molecule has 0 spiro atoms. The van der Waals surface area contributed by atoms with Crippen LogP contribution in [0.1, 0.15) is 39.0 Å². The van der Waals surface area contributed by atoms with Crippen LogP contribution >= 0.6 is 0 Å². The Kier molecular flexibility index (Phi) is 5.97. The Morgan fingerprint density at radius 3 is 2.82 bits per heavy atom. The third-order valence-electron chi connectivity index (χ3n) is 3.21. The van der Waals surface area contributed by atoms with Crippen LogP contribution in [0, 0.1) is 0 Å². The smallest absolute Gasteiger partial charge is 0.303 e. The Hall–Kier alpha value is -1.10. The Labute approximate surface area is 102 Å². The van der Waals surface area contributed by atoms with Crippen molar-refractivity contribution in [3.05, 3.63) is 0 Å². The average molecular weight is 242 g/mol. The molecule has 0 aromatic rings. The minimum Gasteiger partial charge on any atom is -0.481 e. The molecule has 1 atom stereocenters. The van der Waals surface area contributed by atoms with Crippen LogP contribution in [0.15, 0.2) is 0 Å². The van der Waals surface area contributed by atoms with Gasteiger partial charge in [-0.2, -0.15) is 0 Å². The van der Waals surface area contributed by atoms with Gasteiger partial charge in [0.05, 0.1) is 0 Å². The predicted molar refractivity (Wildman–Crippen MR) is 64.8 cm³/mol. The van der Waals surface area contributed by atoms with Crippen molar-refractivity contribution in [1.29, 1.82) is 0 Å². The molecule has 1 unspecified atom stereocenters. The topological polar surface area (TPSA) is 69.6 Å². The first-order valence-electron chi connectivity index (χ1n) is 6.30. The summed E-state index contributed by atoms with van der Waals surface area (Å²) >= 11 is 0. The standard InChI is InChI=1S/C12H22N2O3/c1-10(15)13-7-9-14-8-3-2-4-11(14)5-6-12(16)17/h11H,2-9H2,1H3,(H,13,15)(H,16,17). The van der Waals surface area contributed by atoms with Crippen LogP contribution in [0.25, 0.3) is 0 Å². The van der Waals surface area contributed by atoms with Crippen molar-refractivity contribution in [1.82, 2.24) is 10.2 Å². The molecular weight excluding hydrogens is 220 g/mol. The van der Waals surface area contributed by atoms with Crippen molar-refractivity contribution in [3.8, 4) is 0 Å². The van der Waals surface area contributed by atoms with Gasteiger partial charge in [0.2, 0.25) is 5.91 Å². The van der Waals surface area contributed by atoms with Crippen molar-refractivity contribution in [3.63, 3.8) is 0 Å². The summed E-state index contributed by atoms with van der Waals surface area (Å²) < 4.78 is 0. The third kappa shape index (κ3) is 5.68. The number of hydrogen-bond donors (Lipinski definition) is 2. The normalized spacial score (nSPS) is 21.1. The molecule has 1 amide bonds. The molecule has 1 rings (SSSR count). The molecular formula is C12H22N2O3. The van der Waals surface area contributed by atoms with Crippen LogP contribution in [0.3, 0.4) is 0 Å². The molecule has 1 saturated heterocycles. The molecule has 0 bridgehead atoms. The van der Waals surface area contributed by atoms with Crippen LogP contribution in [-0.4, -0.2) is 47.6 Å². The second-order valence-corrected chi connectivity index (χ2v) is 4.60. The molecule has 1 fully saturated rings. The number of rotatable bonds is 6. The van der Waals surface area contributed by atoms with E-state index in [1.165, 1.54) is 19.8 Å². The maximum absolute atomic E-state index is 10.8. The van der Waals surface area contributed by atoms with E-state index in [2.05, 4.69) is 10.2 Å². The molecule has 2 N–H and O–H groups in total. The molecule has 0 aliphatic carbocycles. The van der Waals surface area contributed by atoms with Gasteiger partial charge in [-0.25, -0.2) is 0 Å². The van der Waals surface area contributed by atoms with Crippen molar-refractivity contribution in [2.24, 2.45) is 0 Å². The molecule has 1 heterocycles. The Bertz CT molecular complexity index is 268. The number of nitrogens with one attached hydrogen (secondary N) is 1. The highest BCUT2D eigenvalue weighted by Gasteiger charge is 2.22. The monoisotopic (exact) mass is 242 g/mol. The predicted octanol–water partition coefficient (Wildman–Crippen LogP) is 0.842. The fraction of sp³-hybridized carbons (Fsp3) is 0.833. The highest BCUT2D eigenvalue weighted by molar-refractivity contribution is 5.72. The van der Waals surface area contributed by atoms with Gasteiger partial charge in [-0.3, -0.25) is 14.5 Å². The largest absolute Gasteiger partial charge is 0.481 e. The van der Waals surface area contributed by atoms with Crippen LogP contribution in [-0.2, 0) is 9.59 Å². The fourth-order valence-corrected chi connectivity index (χ4v) is 2.35. The van der Waals surface area contributed by atoms with Gasteiger partial charge in [0, 0.05) is 32.5 Å². The van der Waals surface area contributed by atoms with E-state index in [4.69, 9.17) is 5.11 Å². The van der Waals surface area contributed by atoms with E-state index in [-0.39, 0.29) is 12.3 Å². The van der Waals surface area contributed by atoms with Crippen LogP contribution in [0.5, 0.6) is 0 Å². The van der Waals surface area contributed by atoms with Crippen LogP contribution < -0.4 is 5.32 Å². The summed E-state index contributed by atoms with van der Waals surface area (Å²) in [5.74, 6) is -0.735. The molecule has 0 aromatic heterocycles. The zero-order valence-electron chi connectivity index (χ0n) is 10.4. The maximum atomic E-state index is 10.8. The van der Waals surface area contributed by atoms with Crippen molar-refractivity contribution >= 4 is 11.9 Å². The summed E-state index contributed by atoms with van der Waals surface area (Å²) in [6, 6.07) is 0.369. The van der Waals surface area contributed by atoms with E-state index < -0.39 is 5.97 Å². The average Bonchev–Trinajstić information content (AvgIpc) is 2.27. The van der Waals surface area contributed by atoms with Crippen molar-refractivity contribution < 1.29 is 14.7 Å². The number of hydrogen-bond acceptors (Lipinski definition) is 3. The first-order valence-corrected chi connectivity index (χ1v) is 6.30. The molecule has 17 heavy (non-hydrogen) atoms. The number of carbonyl (C=O) groups is 2. The molecule has 1 aliphatic heterocycles. The van der Waals surface area contributed by atoms with Gasteiger partial charge in [0.25, 0.3) is 0 Å². The lowest BCUT2D eigenvalue weighted by atomic mass is 9.98. The Balaban J connectivity index is 2.31. The lowest BCUT2D eigenvalue weighted by molar-refractivity contribution is -0.137. The van der Waals surface area contributed by atoms with Gasteiger partial charge in [-0.15, -0.1) is 0 Å². The fourth-order valence-electron chi connectivity index (χ4n) is 2.35. The number of aliphatic carboxylic acids is 1. The van der Waals surface area contributed by atoms with Gasteiger partial charge in [0.15, 0.2) is 0 Å². The Morgan fingerprint density at radius 1 is 1.41 bits per heavy atom. The minimum atomic E-state index is -0.725. The first-order chi connectivity index (χ1) is 8.09. The van der Waals surface area contributed by atoms with Gasteiger partial charge in [0.1, 0.15) is 0 Å². The van der Waals surface area contributed by atoms with E-state index in [0.717, 1.165) is 25.9 Å². The molecule has 0 aromatic carbocycles. The SMILES string of the molecule is CC(=O)NCCN1CCCCC1CCC(=O)O. The van der Waals surface area contributed by atoms with Crippen LogP contribution in [0.2, 0.25) is 0 Å². The molecule has 5 nitrogen and oxygen atoms in total. The molecule has 0 radical (unpaired) electrons. The van der Waals surface area contributed by atoms with E-state index in [1.807, 2.05) is 0 Å². The van der Waals surface area contributed by atoms with E-state index in [1.54, 1.807) is 0 Å². The lowest BCUT2D eigenvalue weighted by Crippen LogP contribution is -2.43. The van der Waals surface area contributed by atoms with Gasteiger partial charge < -0.3 is 10.4 Å². The van der Waals surface area contributed by atoms with E-state index >= 15 is 0 Å². The zero-order valence-corrected chi connectivity index (χ0v) is 10.4. The first kappa shape index (κ1) is 14.0. The summed E-state index contributed by atoms with van der Waals surface area (Å²) in [6.07, 6.45) is 4.38. The number of piperidine rings is 1. The molecule has 0 saturated carbocycles. The van der Waals surface area contributed by atoms with Gasteiger partial charge >= 0.3 is 5.97 Å². The number of amides is 1. The van der Waals surface area contributed by atoms with Crippen LogP contribution in [0.4, 0.5) is 0 Å².